The van der Waals surface area contributed by atoms with E-state index in [9.17, 15) is 13.2 Å². The number of rotatable bonds is 5. The van der Waals surface area contributed by atoms with Crippen LogP contribution in [0, 0.1) is 0 Å². The molecule has 0 aliphatic rings. The number of imidazole rings is 1. The van der Waals surface area contributed by atoms with Gasteiger partial charge in [0.2, 0.25) is 0 Å². The maximum absolute atomic E-state index is 13.3. The van der Waals surface area contributed by atoms with Gasteiger partial charge in [-0.15, -0.1) is 0 Å². The fourth-order valence-corrected chi connectivity index (χ4v) is 2.30. The van der Waals surface area contributed by atoms with Gasteiger partial charge in [-0.2, -0.15) is 13.2 Å². The molecular weight excluding hydrogens is 279 g/mol. The van der Waals surface area contributed by atoms with Gasteiger partial charge in [0.05, 0.1) is 11.3 Å². The number of nitrogens with zero attached hydrogens (tertiary/aromatic N) is 2. The molecule has 0 saturated heterocycles. The molecule has 114 valence electrons. The van der Waals surface area contributed by atoms with Crippen molar-refractivity contribution in [3.8, 4) is 5.69 Å². The standard InChI is InChI=1S/C15H18F3N3/c1-3-4-14-20-7-8-21(14)13-6-5-11(10-19-2)9-12(13)15(16,17)18/h5-9,19H,3-4,10H2,1-2H3. The lowest BCUT2D eigenvalue weighted by Gasteiger charge is -2.16. The molecule has 1 aromatic carbocycles. The molecule has 0 fully saturated rings. The van der Waals surface area contributed by atoms with E-state index in [0.717, 1.165) is 6.42 Å². The summed E-state index contributed by atoms with van der Waals surface area (Å²) in [5.74, 6) is 0.643. The largest absolute Gasteiger partial charge is 0.418 e. The minimum absolute atomic E-state index is 0.128. The number of nitrogens with one attached hydrogen (secondary N) is 1. The van der Waals surface area contributed by atoms with Gasteiger partial charge in [-0.1, -0.05) is 13.0 Å². The van der Waals surface area contributed by atoms with E-state index in [1.807, 2.05) is 6.92 Å². The summed E-state index contributed by atoms with van der Waals surface area (Å²) in [5.41, 5.74) is 0.0969. The number of alkyl halides is 3. The van der Waals surface area contributed by atoms with Gasteiger partial charge in [0.15, 0.2) is 0 Å². The summed E-state index contributed by atoms with van der Waals surface area (Å²) in [4.78, 5) is 4.15. The predicted molar refractivity (Wildman–Crippen MR) is 75.3 cm³/mol. The number of aryl methyl sites for hydroxylation is 1. The minimum Gasteiger partial charge on any atom is -0.316 e. The molecule has 2 rings (SSSR count). The third kappa shape index (κ3) is 3.44. The topological polar surface area (TPSA) is 29.9 Å². The summed E-state index contributed by atoms with van der Waals surface area (Å²) >= 11 is 0. The van der Waals surface area contributed by atoms with E-state index in [0.29, 0.717) is 24.4 Å². The maximum atomic E-state index is 13.3. The van der Waals surface area contributed by atoms with Crippen molar-refractivity contribution in [2.45, 2.75) is 32.5 Å². The van der Waals surface area contributed by atoms with Crippen LogP contribution in [0.2, 0.25) is 0 Å². The van der Waals surface area contributed by atoms with Crippen LogP contribution in [0.25, 0.3) is 5.69 Å². The Morgan fingerprint density at radius 1 is 1.29 bits per heavy atom. The van der Waals surface area contributed by atoms with E-state index in [1.165, 1.54) is 22.9 Å². The van der Waals surface area contributed by atoms with Crippen LogP contribution in [-0.4, -0.2) is 16.6 Å². The quantitative estimate of drug-likeness (QED) is 0.914. The molecule has 6 heteroatoms. The molecule has 0 bridgehead atoms. The van der Waals surface area contributed by atoms with E-state index in [-0.39, 0.29) is 5.69 Å². The zero-order chi connectivity index (χ0) is 15.5. The Labute approximate surface area is 121 Å². The molecule has 2 aromatic rings. The Morgan fingerprint density at radius 2 is 2.05 bits per heavy atom. The molecule has 1 heterocycles. The first kappa shape index (κ1) is 15.6. The Morgan fingerprint density at radius 3 is 2.67 bits per heavy atom. The first-order valence-corrected chi connectivity index (χ1v) is 6.84. The van der Waals surface area contributed by atoms with E-state index < -0.39 is 11.7 Å². The van der Waals surface area contributed by atoms with E-state index in [2.05, 4.69) is 10.3 Å². The average molecular weight is 297 g/mol. The highest BCUT2D eigenvalue weighted by atomic mass is 19.4. The SMILES string of the molecule is CCCc1nccn1-c1ccc(CNC)cc1C(F)(F)F. The van der Waals surface area contributed by atoms with Gasteiger partial charge >= 0.3 is 6.18 Å². The van der Waals surface area contributed by atoms with E-state index in [1.54, 1.807) is 19.3 Å². The second kappa shape index (κ2) is 6.30. The van der Waals surface area contributed by atoms with E-state index >= 15 is 0 Å². The monoisotopic (exact) mass is 297 g/mol. The molecular formula is C15H18F3N3. The van der Waals surface area contributed by atoms with Crippen molar-refractivity contribution in [3.63, 3.8) is 0 Å². The molecule has 0 atom stereocenters. The second-order valence-electron chi connectivity index (χ2n) is 4.84. The Bertz CT molecular complexity index is 602. The van der Waals surface area contributed by atoms with Crippen molar-refractivity contribution in [1.29, 1.82) is 0 Å². The number of hydrogen-bond acceptors (Lipinski definition) is 2. The van der Waals surface area contributed by atoms with Crippen LogP contribution >= 0.6 is 0 Å². The minimum atomic E-state index is -4.40. The molecule has 0 unspecified atom stereocenters. The first-order valence-electron chi connectivity index (χ1n) is 6.84. The van der Waals surface area contributed by atoms with Crippen LogP contribution in [0.5, 0.6) is 0 Å². The summed E-state index contributed by atoms with van der Waals surface area (Å²) in [5, 5.41) is 2.86. The third-order valence-corrected chi connectivity index (χ3v) is 3.20. The highest BCUT2D eigenvalue weighted by Gasteiger charge is 2.34. The molecule has 0 radical (unpaired) electrons. The molecule has 0 saturated carbocycles. The van der Waals surface area contributed by atoms with Gasteiger partial charge in [0.25, 0.3) is 0 Å². The van der Waals surface area contributed by atoms with Crippen LogP contribution in [0.1, 0.15) is 30.3 Å². The molecule has 1 aromatic heterocycles. The van der Waals surface area contributed by atoms with Crippen molar-refractivity contribution >= 4 is 0 Å². The molecule has 0 amide bonds. The summed E-state index contributed by atoms with van der Waals surface area (Å²) < 4.78 is 41.5. The normalized spacial score (nSPS) is 11.9. The molecule has 3 nitrogen and oxygen atoms in total. The van der Waals surface area contributed by atoms with Crippen LogP contribution < -0.4 is 5.32 Å². The van der Waals surface area contributed by atoms with Crippen LogP contribution in [0.15, 0.2) is 30.6 Å². The number of halogens is 3. The Hall–Kier alpha value is -1.82. The second-order valence-corrected chi connectivity index (χ2v) is 4.84. The molecule has 0 spiro atoms. The van der Waals surface area contributed by atoms with Crippen LogP contribution in [-0.2, 0) is 19.1 Å². The predicted octanol–water partition coefficient (Wildman–Crippen LogP) is 3.56. The van der Waals surface area contributed by atoms with Gasteiger partial charge in [-0.25, -0.2) is 4.98 Å². The third-order valence-electron chi connectivity index (χ3n) is 3.20. The molecule has 0 aliphatic carbocycles. The van der Waals surface area contributed by atoms with Crippen molar-refractivity contribution in [3.05, 3.63) is 47.5 Å². The number of hydrogen-bond donors (Lipinski definition) is 1. The lowest BCUT2D eigenvalue weighted by Crippen LogP contribution is -2.14. The number of benzene rings is 1. The van der Waals surface area contributed by atoms with Gasteiger partial charge in [0.1, 0.15) is 5.82 Å². The fourth-order valence-electron chi connectivity index (χ4n) is 2.30. The van der Waals surface area contributed by atoms with Crippen LogP contribution in [0.4, 0.5) is 13.2 Å². The van der Waals surface area contributed by atoms with Crippen LogP contribution in [0.3, 0.4) is 0 Å². The summed E-state index contributed by atoms with van der Waals surface area (Å²) in [6.07, 6.45) is 0.186. The zero-order valence-electron chi connectivity index (χ0n) is 12.0. The van der Waals surface area contributed by atoms with Gasteiger partial charge in [0, 0.05) is 25.4 Å². The summed E-state index contributed by atoms with van der Waals surface area (Å²) in [7, 11) is 1.70. The fraction of sp³-hybridized carbons (Fsp3) is 0.400. The number of aromatic nitrogens is 2. The average Bonchev–Trinajstić information content (AvgIpc) is 2.87. The van der Waals surface area contributed by atoms with Crippen molar-refractivity contribution < 1.29 is 13.2 Å². The smallest absolute Gasteiger partial charge is 0.316 e. The lowest BCUT2D eigenvalue weighted by molar-refractivity contribution is -0.137. The van der Waals surface area contributed by atoms with Crippen molar-refractivity contribution in [2.75, 3.05) is 7.05 Å². The highest BCUT2D eigenvalue weighted by molar-refractivity contribution is 5.46. The first-order chi connectivity index (χ1) is 9.97. The molecule has 21 heavy (non-hydrogen) atoms. The lowest BCUT2D eigenvalue weighted by atomic mass is 10.1. The summed E-state index contributed by atoms with van der Waals surface area (Å²) in [6.45, 7) is 2.37. The van der Waals surface area contributed by atoms with Crippen molar-refractivity contribution in [1.82, 2.24) is 14.9 Å². The molecule has 1 N–H and O–H groups in total. The zero-order valence-corrected chi connectivity index (χ0v) is 12.0. The van der Waals surface area contributed by atoms with Crippen molar-refractivity contribution in [2.24, 2.45) is 0 Å². The summed E-state index contributed by atoms with van der Waals surface area (Å²) in [6, 6.07) is 4.41. The van der Waals surface area contributed by atoms with E-state index in [4.69, 9.17) is 0 Å². The Balaban J connectivity index is 2.54. The Kier molecular flexibility index (Phi) is 4.67. The van der Waals surface area contributed by atoms with Gasteiger partial charge in [-0.05, 0) is 31.2 Å². The van der Waals surface area contributed by atoms with Gasteiger partial charge < -0.3 is 9.88 Å². The highest BCUT2D eigenvalue weighted by Crippen LogP contribution is 2.35. The maximum Gasteiger partial charge on any atom is 0.418 e. The van der Waals surface area contributed by atoms with Gasteiger partial charge in [-0.3, -0.25) is 0 Å². The molecule has 0 aliphatic heterocycles.